The van der Waals surface area contributed by atoms with Crippen molar-refractivity contribution in [3.05, 3.63) is 95.6 Å². The number of para-hydroxylation sites is 2. The molecule has 0 unspecified atom stereocenters. The molecule has 4 rings (SSSR count). The van der Waals surface area contributed by atoms with E-state index in [-0.39, 0.29) is 11.7 Å². The van der Waals surface area contributed by atoms with Gasteiger partial charge in [0.05, 0.1) is 17.6 Å². The summed E-state index contributed by atoms with van der Waals surface area (Å²) in [4.78, 5) is 17.1. The molecule has 5 nitrogen and oxygen atoms in total. The van der Waals surface area contributed by atoms with Crippen LogP contribution in [0.25, 0.3) is 11.0 Å². The summed E-state index contributed by atoms with van der Waals surface area (Å²) in [7, 11) is 0. The second kappa shape index (κ2) is 10.3. The Hall–Kier alpha value is -3.67. The summed E-state index contributed by atoms with van der Waals surface area (Å²) in [5.41, 5.74) is 3.67. The van der Waals surface area contributed by atoms with Gasteiger partial charge < -0.3 is 14.6 Å². The molecule has 0 saturated carbocycles. The number of aromatic nitrogens is 2. The van der Waals surface area contributed by atoms with Gasteiger partial charge in [0.25, 0.3) is 5.91 Å². The van der Waals surface area contributed by atoms with Crippen LogP contribution in [0.5, 0.6) is 5.75 Å². The highest BCUT2D eigenvalue weighted by molar-refractivity contribution is 5.94. The molecule has 1 heterocycles. The number of hydrogen-bond donors (Lipinski definition) is 1. The van der Waals surface area contributed by atoms with Crippen LogP contribution in [0, 0.1) is 5.82 Å². The smallest absolute Gasteiger partial charge is 0.251 e. The Morgan fingerprint density at radius 2 is 1.76 bits per heavy atom. The summed E-state index contributed by atoms with van der Waals surface area (Å²) < 4.78 is 21.2. The first kappa shape index (κ1) is 22.5. The van der Waals surface area contributed by atoms with Gasteiger partial charge in [-0.3, -0.25) is 4.79 Å². The van der Waals surface area contributed by atoms with Gasteiger partial charge >= 0.3 is 0 Å². The minimum atomic E-state index is -0.363. The van der Waals surface area contributed by atoms with Gasteiger partial charge in [-0.1, -0.05) is 38.1 Å². The molecule has 4 aromatic rings. The summed E-state index contributed by atoms with van der Waals surface area (Å²) in [5.74, 6) is 1.62. The molecule has 0 saturated heterocycles. The van der Waals surface area contributed by atoms with Gasteiger partial charge in [-0.05, 0) is 60.0 Å². The quantitative estimate of drug-likeness (QED) is 0.378. The fourth-order valence-electron chi connectivity index (χ4n) is 3.76. The van der Waals surface area contributed by atoms with E-state index in [0.717, 1.165) is 22.6 Å². The summed E-state index contributed by atoms with van der Waals surface area (Å²) in [6.07, 6.45) is 0.574. The van der Waals surface area contributed by atoms with Crippen LogP contribution in [-0.4, -0.2) is 28.6 Å². The van der Waals surface area contributed by atoms with Gasteiger partial charge in [0.1, 0.15) is 24.0 Å². The largest absolute Gasteiger partial charge is 0.492 e. The van der Waals surface area contributed by atoms with Crippen molar-refractivity contribution in [2.75, 3.05) is 13.2 Å². The molecular formula is C27H28FN3O2. The Balaban J connectivity index is 1.39. The number of fused-ring (bicyclic) bond motifs is 1. The number of amides is 1. The van der Waals surface area contributed by atoms with Crippen LogP contribution in [0.15, 0.2) is 72.8 Å². The lowest BCUT2D eigenvalue weighted by molar-refractivity contribution is 0.0954. The first-order valence-electron chi connectivity index (χ1n) is 11.2. The highest BCUT2D eigenvalue weighted by Gasteiger charge is 2.12. The van der Waals surface area contributed by atoms with Crippen LogP contribution in [0.3, 0.4) is 0 Å². The Morgan fingerprint density at radius 1 is 1.03 bits per heavy atom. The topological polar surface area (TPSA) is 56.1 Å². The van der Waals surface area contributed by atoms with E-state index in [9.17, 15) is 9.18 Å². The second-order valence-corrected chi connectivity index (χ2v) is 8.25. The number of nitrogens with zero attached hydrogens (tertiary/aromatic N) is 2. The van der Waals surface area contributed by atoms with E-state index in [1.54, 1.807) is 0 Å². The molecule has 170 valence electrons. The Kier molecular flexibility index (Phi) is 7.03. The number of hydrogen-bond acceptors (Lipinski definition) is 3. The zero-order valence-corrected chi connectivity index (χ0v) is 18.9. The SMILES string of the molecule is CC(C)c1ccc(OCCn2c(CCNC(=O)c3ccc(F)cc3)nc3ccccc32)cc1. The van der Waals surface area contributed by atoms with Gasteiger partial charge in [0.2, 0.25) is 0 Å². The van der Waals surface area contributed by atoms with Crippen molar-refractivity contribution in [1.29, 1.82) is 0 Å². The monoisotopic (exact) mass is 445 g/mol. The van der Waals surface area contributed by atoms with Crippen LogP contribution in [0.1, 0.15) is 41.5 Å². The number of nitrogens with one attached hydrogen (secondary N) is 1. The van der Waals surface area contributed by atoms with Gasteiger partial charge in [0, 0.05) is 18.5 Å². The molecule has 0 aliphatic rings. The fraction of sp³-hybridized carbons (Fsp3) is 0.259. The standard InChI is InChI=1S/C27H28FN3O2/c1-19(2)20-9-13-23(14-10-20)33-18-17-31-25-6-4-3-5-24(25)30-26(31)15-16-29-27(32)21-7-11-22(28)12-8-21/h3-14,19H,15-18H2,1-2H3,(H,29,32). The van der Waals surface area contributed by atoms with Crippen molar-refractivity contribution < 1.29 is 13.9 Å². The van der Waals surface area contributed by atoms with Crippen molar-refractivity contribution in [2.24, 2.45) is 0 Å². The molecule has 1 aromatic heterocycles. The number of imidazole rings is 1. The van der Waals surface area contributed by atoms with E-state index in [1.807, 2.05) is 36.4 Å². The third-order valence-corrected chi connectivity index (χ3v) is 5.60. The minimum Gasteiger partial charge on any atom is -0.492 e. The van der Waals surface area contributed by atoms with Gasteiger partial charge in [0.15, 0.2) is 0 Å². The predicted octanol–water partition coefficient (Wildman–Crippen LogP) is 5.35. The molecular weight excluding hydrogens is 417 g/mol. The third kappa shape index (κ3) is 5.58. The van der Waals surface area contributed by atoms with Crippen LogP contribution in [-0.2, 0) is 13.0 Å². The molecule has 0 fully saturated rings. The summed E-state index contributed by atoms with van der Waals surface area (Å²) in [6, 6.07) is 21.7. The molecule has 3 aromatic carbocycles. The second-order valence-electron chi connectivity index (χ2n) is 8.25. The molecule has 0 spiro atoms. The highest BCUT2D eigenvalue weighted by atomic mass is 19.1. The number of halogens is 1. The van der Waals surface area contributed by atoms with Crippen LogP contribution >= 0.6 is 0 Å². The zero-order chi connectivity index (χ0) is 23.2. The van der Waals surface area contributed by atoms with E-state index >= 15 is 0 Å². The van der Waals surface area contributed by atoms with Crippen LogP contribution < -0.4 is 10.1 Å². The molecule has 1 amide bonds. The van der Waals surface area contributed by atoms with Crippen LogP contribution in [0.4, 0.5) is 4.39 Å². The van der Waals surface area contributed by atoms with Crippen molar-refractivity contribution in [3.8, 4) is 5.75 Å². The van der Waals surface area contributed by atoms with Crippen molar-refractivity contribution in [1.82, 2.24) is 14.9 Å². The first-order valence-corrected chi connectivity index (χ1v) is 11.2. The fourth-order valence-corrected chi connectivity index (χ4v) is 3.76. The number of carbonyl (C=O) groups excluding carboxylic acids is 1. The maximum absolute atomic E-state index is 13.1. The summed E-state index contributed by atoms with van der Waals surface area (Å²) in [5, 5.41) is 2.89. The van der Waals surface area contributed by atoms with E-state index in [1.165, 1.54) is 29.8 Å². The molecule has 0 radical (unpaired) electrons. The molecule has 0 aliphatic carbocycles. The lowest BCUT2D eigenvalue weighted by atomic mass is 10.0. The molecule has 33 heavy (non-hydrogen) atoms. The van der Waals surface area contributed by atoms with E-state index < -0.39 is 0 Å². The highest BCUT2D eigenvalue weighted by Crippen LogP contribution is 2.20. The summed E-state index contributed by atoms with van der Waals surface area (Å²) in [6.45, 7) is 5.92. The first-order chi connectivity index (χ1) is 16.0. The Morgan fingerprint density at radius 3 is 2.48 bits per heavy atom. The maximum atomic E-state index is 13.1. The average Bonchev–Trinajstić information content (AvgIpc) is 3.17. The minimum absolute atomic E-state index is 0.231. The van der Waals surface area contributed by atoms with Gasteiger partial charge in [-0.25, -0.2) is 9.37 Å². The van der Waals surface area contributed by atoms with Crippen molar-refractivity contribution >= 4 is 16.9 Å². The zero-order valence-electron chi connectivity index (χ0n) is 18.9. The van der Waals surface area contributed by atoms with Crippen molar-refractivity contribution in [3.63, 3.8) is 0 Å². The molecule has 0 atom stereocenters. The molecule has 1 N–H and O–H groups in total. The molecule has 6 heteroatoms. The Bertz CT molecular complexity index is 1210. The van der Waals surface area contributed by atoms with Crippen LogP contribution in [0.2, 0.25) is 0 Å². The van der Waals surface area contributed by atoms with E-state index in [4.69, 9.17) is 9.72 Å². The average molecular weight is 446 g/mol. The lowest BCUT2D eigenvalue weighted by Crippen LogP contribution is -2.26. The molecule has 0 bridgehead atoms. The van der Waals surface area contributed by atoms with Gasteiger partial charge in [-0.2, -0.15) is 0 Å². The third-order valence-electron chi connectivity index (χ3n) is 5.60. The number of rotatable bonds is 9. The van der Waals surface area contributed by atoms with Gasteiger partial charge in [-0.15, -0.1) is 0 Å². The Labute approximate surface area is 193 Å². The van der Waals surface area contributed by atoms with E-state index in [0.29, 0.717) is 37.6 Å². The number of carbonyl (C=O) groups is 1. The normalized spacial score (nSPS) is 11.2. The van der Waals surface area contributed by atoms with E-state index in [2.05, 4.69) is 35.9 Å². The predicted molar refractivity (Wildman–Crippen MR) is 128 cm³/mol. The number of benzene rings is 3. The number of ether oxygens (including phenoxy) is 1. The lowest BCUT2D eigenvalue weighted by Gasteiger charge is -2.12. The maximum Gasteiger partial charge on any atom is 0.251 e. The molecule has 0 aliphatic heterocycles. The van der Waals surface area contributed by atoms with Crippen molar-refractivity contribution in [2.45, 2.75) is 32.7 Å². The summed E-state index contributed by atoms with van der Waals surface area (Å²) >= 11 is 0.